The Bertz CT molecular complexity index is 1580. The predicted octanol–water partition coefficient (Wildman–Crippen LogP) is 3.72. The van der Waals surface area contributed by atoms with Gasteiger partial charge in [0.2, 0.25) is 15.9 Å². The Kier molecular flexibility index (Phi) is 8.79. The summed E-state index contributed by atoms with van der Waals surface area (Å²) >= 11 is 0. The zero-order chi connectivity index (χ0) is 29.9. The molecular weight excluding hydrogens is 545 g/mol. The Labute approximate surface area is 240 Å². The first-order valence-electron chi connectivity index (χ1n) is 13.0. The molecule has 11 heteroatoms. The van der Waals surface area contributed by atoms with Gasteiger partial charge in [-0.3, -0.25) is 13.9 Å². The number of carbonyl (C=O) groups excluding carboxylic acids is 2. The number of likely N-dealkylation sites (N-methyl/N-ethyl adjacent to an activating group) is 2. The lowest BCUT2D eigenvalue weighted by molar-refractivity contribution is -0.128. The number of nitrogens with one attached hydrogen (secondary N) is 2. The van der Waals surface area contributed by atoms with Gasteiger partial charge in [0, 0.05) is 38.4 Å². The van der Waals surface area contributed by atoms with Crippen molar-refractivity contribution < 1.29 is 22.4 Å². The Morgan fingerprint density at radius 1 is 0.927 bits per heavy atom. The number of benzene rings is 3. The summed E-state index contributed by atoms with van der Waals surface area (Å²) in [5.41, 5.74) is 4.38. The van der Waals surface area contributed by atoms with Gasteiger partial charge in [-0.2, -0.15) is 0 Å². The Hall–Kier alpha value is -4.22. The molecule has 216 valence electrons. The minimum Gasteiger partial charge on any atom is -0.354 e. The topological polar surface area (TPSA) is 102 Å². The predicted molar refractivity (Wildman–Crippen MR) is 161 cm³/mol. The summed E-state index contributed by atoms with van der Waals surface area (Å²) < 4.78 is 40.2. The SMILES string of the molecule is CN(C)CCN(c1ccc(N/C(=C2\C(=O)Nc3cc(F)ccc32)c2ccc(CC(=O)N(C)C)cc2)cc1)S(C)(=O)=O. The van der Waals surface area contributed by atoms with Crippen LogP contribution >= 0.6 is 0 Å². The summed E-state index contributed by atoms with van der Waals surface area (Å²) in [4.78, 5) is 28.8. The van der Waals surface area contributed by atoms with Crippen molar-refractivity contribution in [3.05, 3.63) is 89.2 Å². The van der Waals surface area contributed by atoms with E-state index in [9.17, 15) is 22.4 Å². The number of hydrogen-bond donors (Lipinski definition) is 2. The first-order valence-corrected chi connectivity index (χ1v) is 14.8. The molecule has 0 atom stereocenters. The number of hydrogen-bond acceptors (Lipinski definition) is 6. The molecule has 0 fully saturated rings. The van der Waals surface area contributed by atoms with Gasteiger partial charge in [0.1, 0.15) is 5.82 Å². The highest BCUT2D eigenvalue weighted by Crippen LogP contribution is 2.38. The molecule has 0 saturated heterocycles. The van der Waals surface area contributed by atoms with E-state index in [2.05, 4.69) is 10.6 Å². The number of anilines is 3. The van der Waals surface area contributed by atoms with Gasteiger partial charge in [-0.1, -0.05) is 24.3 Å². The van der Waals surface area contributed by atoms with Crippen LogP contribution in [0.15, 0.2) is 66.7 Å². The number of sulfonamides is 1. The van der Waals surface area contributed by atoms with E-state index in [0.29, 0.717) is 52.5 Å². The second-order valence-corrected chi connectivity index (χ2v) is 12.3. The van der Waals surface area contributed by atoms with Gasteiger partial charge in [-0.05, 0) is 67.7 Å². The summed E-state index contributed by atoms with van der Waals surface area (Å²) in [6.07, 6.45) is 1.41. The Morgan fingerprint density at radius 3 is 2.17 bits per heavy atom. The van der Waals surface area contributed by atoms with E-state index < -0.39 is 15.8 Å². The van der Waals surface area contributed by atoms with Gasteiger partial charge >= 0.3 is 0 Å². The average molecular weight is 580 g/mol. The third kappa shape index (κ3) is 7.11. The summed E-state index contributed by atoms with van der Waals surface area (Å²) in [5, 5.41) is 6.06. The van der Waals surface area contributed by atoms with E-state index >= 15 is 0 Å². The zero-order valence-corrected chi connectivity index (χ0v) is 24.5. The summed E-state index contributed by atoms with van der Waals surface area (Å²) in [7, 11) is 3.65. The molecule has 1 aliphatic rings. The van der Waals surface area contributed by atoms with E-state index in [4.69, 9.17) is 0 Å². The minimum atomic E-state index is -3.50. The molecule has 0 spiro atoms. The van der Waals surface area contributed by atoms with Crippen LogP contribution in [-0.4, -0.2) is 77.6 Å². The highest BCUT2D eigenvalue weighted by molar-refractivity contribution is 7.92. The third-order valence-corrected chi connectivity index (χ3v) is 7.84. The molecule has 0 saturated carbocycles. The monoisotopic (exact) mass is 579 g/mol. The normalized spacial score (nSPS) is 14.0. The van der Waals surface area contributed by atoms with E-state index in [1.165, 1.54) is 27.6 Å². The van der Waals surface area contributed by atoms with Crippen molar-refractivity contribution in [1.29, 1.82) is 0 Å². The van der Waals surface area contributed by atoms with Crippen molar-refractivity contribution in [2.24, 2.45) is 0 Å². The number of rotatable bonds is 10. The molecule has 2 amide bonds. The molecule has 0 unspecified atom stereocenters. The molecule has 1 heterocycles. The van der Waals surface area contributed by atoms with Crippen LogP contribution in [0.5, 0.6) is 0 Å². The molecule has 3 aromatic carbocycles. The molecule has 0 radical (unpaired) electrons. The van der Waals surface area contributed by atoms with Gasteiger partial charge < -0.3 is 20.4 Å². The fourth-order valence-corrected chi connectivity index (χ4v) is 5.34. The van der Waals surface area contributed by atoms with Crippen molar-refractivity contribution in [3.63, 3.8) is 0 Å². The summed E-state index contributed by atoms with van der Waals surface area (Å²) in [5.74, 6) is -0.882. The van der Waals surface area contributed by atoms with Crippen molar-refractivity contribution in [1.82, 2.24) is 9.80 Å². The molecule has 0 aliphatic carbocycles. The number of amides is 2. The zero-order valence-electron chi connectivity index (χ0n) is 23.7. The van der Waals surface area contributed by atoms with Gasteiger partial charge in [0.25, 0.3) is 5.91 Å². The van der Waals surface area contributed by atoms with E-state index in [0.717, 1.165) is 5.56 Å². The van der Waals surface area contributed by atoms with Crippen molar-refractivity contribution in [3.8, 4) is 0 Å². The van der Waals surface area contributed by atoms with Crippen LogP contribution in [0.2, 0.25) is 0 Å². The molecule has 9 nitrogen and oxygen atoms in total. The summed E-state index contributed by atoms with van der Waals surface area (Å²) in [6, 6.07) is 18.3. The standard InChI is InChI=1S/C30H34FN5O4S/c1-34(2)16-17-36(41(5,39)40)24-13-11-23(12-14-24)32-29(21-8-6-20(7-9-21)18-27(37)35(3)4)28-25-15-10-22(31)19-26(25)33-30(28)38/h6-15,19,32H,16-18H2,1-5H3,(H,33,38)/b29-28-. The van der Waals surface area contributed by atoms with Crippen LogP contribution in [0.25, 0.3) is 11.3 Å². The molecule has 2 N–H and O–H groups in total. The maximum absolute atomic E-state index is 13.9. The summed E-state index contributed by atoms with van der Waals surface area (Å²) in [6.45, 7) is 0.846. The first kappa shape index (κ1) is 29.8. The Balaban J connectivity index is 1.73. The lowest BCUT2D eigenvalue weighted by atomic mass is 9.98. The van der Waals surface area contributed by atoms with Crippen LogP contribution in [0.1, 0.15) is 16.7 Å². The van der Waals surface area contributed by atoms with Crippen LogP contribution in [-0.2, 0) is 26.0 Å². The van der Waals surface area contributed by atoms with Crippen LogP contribution in [0.4, 0.5) is 21.5 Å². The molecule has 0 aromatic heterocycles. The van der Waals surface area contributed by atoms with Gasteiger partial charge in [-0.25, -0.2) is 12.8 Å². The highest BCUT2D eigenvalue weighted by Gasteiger charge is 2.29. The second kappa shape index (κ2) is 12.1. The molecule has 1 aliphatic heterocycles. The van der Waals surface area contributed by atoms with Crippen LogP contribution in [0.3, 0.4) is 0 Å². The number of fused-ring (bicyclic) bond motifs is 1. The van der Waals surface area contributed by atoms with Crippen molar-refractivity contribution >= 4 is 50.2 Å². The second-order valence-electron chi connectivity index (χ2n) is 10.4. The fraction of sp³-hybridized carbons (Fsp3) is 0.267. The molecule has 3 aromatic rings. The minimum absolute atomic E-state index is 0.0330. The van der Waals surface area contributed by atoms with Gasteiger partial charge in [-0.15, -0.1) is 0 Å². The molecular formula is C30H34FN5O4S. The van der Waals surface area contributed by atoms with Gasteiger partial charge in [0.15, 0.2) is 0 Å². The van der Waals surface area contributed by atoms with Crippen LogP contribution in [0, 0.1) is 5.82 Å². The van der Waals surface area contributed by atoms with Crippen molar-refractivity contribution in [2.75, 3.05) is 62.5 Å². The smallest absolute Gasteiger partial charge is 0.258 e. The maximum Gasteiger partial charge on any atom is 0.258 e. The number of carbonyl (C=O) groups is 2. The Morgan fingerprint density at radius 2 is 1.59 bits per heavy atom. The van der Waals surface area contributed by atoms with Gasteiger partial charge in [0.05, 0.1) is 35.3 Å². The fourth-order valence-electron chi connectivity index (χ4n) is 4.43. The van der Waals surface area contributed by atoms with E-state index in [-0.39, 0.29) is 18.2 Å². The quantitative estimate of drug-likeness (QED) is 0.355. The number of nitrogens with zero attached hydrogens (tertiary/aromatic N) is 3. The molecule has 4 rings (SSSR count). The lowest BCUT2D eigenvalue weighted by Crippen LogP contribution is -2.35. The van der Waals surface area contributed by atoms with E-state index in [1.54, 1.807) is 44.4 Å². The molecule has 0 bridgehead atoms. The molecule has 41 heavy (non-hydrogen) atoms. The lowest BCUT2D eigenvalue weighted by Gasteiger charge is -2.24. The number of halogens is 1. The van der Waals surface area contributed by atoms with Crippen LogP contribution < -0.4 is 14.9 Å². The first-order chi connectivity index (χ1) is 19.3. The van der Waals surface area contributed by atoms with Crippen molar-refractivity contribution in [2.45, 2.75) is 6.42 Å². The van der Waals surface area contributed by atoms with E-state index in [1.807, 2.05) is 43.3 Å². The highest BCUT2D eigenvalue weighted by atomic mass is 32.2. The average Bonchev–Trinajstić information content (AvgIpc) is 3.22. The third-order valence-electron chi connectivity index (χ3n) is 6.65. The largest absolute Gasteiger partial charge is 0.354 e. The maximum atomic E-state index is 13.9.